The van der Waals surface area contributed by atoms with E-state index in [1.54, 1.807) is 0 Å². The van der Waals surface area contributed by atoms with Gasteiger partial charge in [0.1, 0.15) is 6.29 Å². The highest BCUT2D eigenvalue weighted by Gasteiger charge is 1.94. The minimum atomic E-state index is 0.654. The lowest BCUT2D eigenvalue weighted by molar-refractivity contribution is -0.105. The van der Waals surface area contributed by atoms with Gasteiger partial charge < -0.3 is 0 Å². The predicted octanol–water partition coefficient (Wildman–Crippen LogP) is 2.96. The number of carbonyl (C=O) groups is 1. The Hall–Kier alpha value is -0.590. The summed E-state index contributed by atoms with van der Waals surface area (Å²) in [5.74, 6) is 0.654. The molecule has 0 aliphatic rings. The Morgan fingerprint density at radius 2 is 2.09 bits per heavy atom. The van der Waals surface area contributed by atoms with E-state index in [0.717, 1.165) is 31.1 Å². The molecule has 0 saturated carbocycles. The van der Waals surface area contributed by atoms with Gasteiger partial charge in [0.15, 0.2) is 0 Å². The molecular formula is C10H18O. The van der Waals surface area contributed by atoms with E-state index in [9.17, 15) is 4.79 Å². The third-order valence-electron chi connectivity index (χ3n) is 1.54. The molecule has 1 nitrogen and oxygen atoms in total. The molecule has 1 heteroatoms. The summed E-state index contributed by atoms with van der Waals surface area (Å²) in [7, 11) is 0. The summed E-state index contributed by atoms with van der Waals surface area (Å²) in [6, 6.07) is 0. The summed E-state index contributed by atoms with van der Waals surface area (Å²) < 4.78 is 0. The summed E-state index contributed by atoms with van der Waals surface area (Å²) in [6.07, 6.45) is 6.04. The third-order valence-corrected chi connectivity index (χ3v) is 1.54. The number of hydrogen-bond acceptors (Lipinski definition) is 1. The maximum Gasteiger partial charge on any atom is 0.145 e. The van der Waals surface area contributed by atoms with E-state index in [-0.39, 0.29) is 0 Å². The van der Waals surface area contributed by atoms with Crippen LogP contribution in [0.2, 0.25) is 0 Å². The van der Waals surface area contributed by atoms with E-state index in [1.165, 1.54) is 0 Å². The molecule has 0 bridgehead atoms. The van der Waals surface area contributed by atoms with Gasteiger partial charge in [-0.25, -0.2) is 0 Å². The molecule has 0 aliphatic carbocycles. The zero-order valence-electron chi connectivity index (χ0n) is 7.76. The van der Waals surface area contributed by atoms with Crippen LogP contribution in [-0.2, 0) is 4.79 Å². The highest BCUT2D eigenvalue weighted by Crippen LogP contribution is 2.07. The van der Waals surface area contributed by atoms with Crippen molar-refractivity contribution in [2.75, 3.05) is 0 Å². The molecule has 11 heavy (non-hydrogen) atoms. The number of allylic oxidation sites excluding steroid dienone is 2. The number of hydrogen-bond donors (Lipinski definition) is 0. The smallest absolute Gasteiger partial charge is 0.145 e. The molecule has 0 aliphatic heterocycles. The van der Waals surface area contributed by atoms with Crippen molar-refractivity contribution >= 4 is 6.29 Å². The minimum absolute atomic E-state index is 0.654. The number of carbonyl (C=O) groups excluding carboxylic acids is 1. The van der Waals surface area contributed by atoms with Gasteiger partial charge in [0.05, 0.1) is 0 Å². The van der Waals surface area contributed by atoms with Crippen LogP contribution in [0, 0.1) is 5.92 Å². The number of rotatable bonds is 5. The highest BCUT2D eigenvalue weighted by atomic mass is 16.1. The van der Waals surface area contributed by atoms with Crippen molar-refractivity contribution in [3.8, 4) is 0 Å². The zero-order valence-corrected chi connectivity index (χ0v) is 7.76. The molecule has 0 aromatic rings. The first-order valence-electron chi connectivity index (χ1n) is 4.34. The van der Waals surface area contributed by atoms with Crippen LogP contribution >= 0.6 is 0 Å². The standard InChI is InChI=1S/C10H18O/c1-4-5-10(8-11)7-6-9(2)3/h7-9H,4-6H2,1-3H3/b10-7-. The summed E-state index contributed by atoms with van der Waals surface area (Å²) in [6.45, 7) is 6.41. The Balaban J connectivity index is 3.80. The Morgan fingerprint density at radius 3 is 2.45 bits per heavy atom. The topological polar surface area (TPSA) is 17.1 Å². The molecule has 0 fully saturated rings. The lowest BCUT2D eigenvalue weighted by atomic mass is 10.1. The van der Waals surface area contributed by atoms with Crippen molar-refractivity contribution in [2.24, 2.45) is 5.92 Å². The van der Waals surface area contributed by atoms with Gasteiger partial charge in [0.2, 0.25) is 0 Å². The Morgan fingerprint density at radius 1 is 1.45 bits per heavy atom. The molecule has 0 saturated heterocycles. The van der Waals surface area contributed by atoms with Crippen LogP contribution in [0.3, 0.4) is 0 Å². The Bertz CT molecular complexity index is 134. The van der Waals surface area contributed by atoms with Crippen LogP contribution in [0.15, 0.2) is 11.6 Å². The van der Waals surface area contributed by atoms with Gasteiger partial charge in [-0.3, -0.25) is 4.79 Å². The van der Waals surface area contributed by atoms with Crippen molar-refractivity contribution in [2.45, 2.75) is 40.0 Å². The Kier molecular flexibility index (Phi) is 5.81. The molecule has 0 aromatic heterocycles. The van der Waals surface area contributed by atoms with E-state index in [0.29, 0.717) is 5.92 Å². The largest absolute Gasteiger partial charge is 0.298 e. The normalized spacial score (nSPS) is 12.2. The van der Waals surface area contributed by atoms with Gasteiger partial charge in [-0.05, 0) is 24.3 Å². The molecule has 64 valence electrons. The number of aldehydes is 1. The lowest BCUT2D eigenvalue weighted by Crippen LogP contribution is -1.88. The first-order chi connectivity index (χ1) is 5.20. The molecule has 0 atom stereocenters. The van der Waals surface area contributed by atoms with Crippen molar-refractivity contribution in [1.82, 2.24) is 0 Å². The van der Waals surface area contributed by atoms with Crippen LogP contribution in [0.5, 0.6) is 0 Å². The summed E-state index contributed by atoms with van der Waals surface area (Å²) in [5, 5.41) is 0. The first kappa shape index (κ1) is 10.4. The molecule has 0 rings (SSSR count). The lowest BCUT2D eigenvalue weighted by Gasteiger charge is -1.99. The van der Waals surface area contributed by atoms with Gasteiger partial charge in [0, 0.05) is 0 Å². The van der Waals surface area contributed by atoms with Crippen LogP contribution < -0.4 is 0 Å². The predicted molar refractivity (Wildman–Crippen MR) is 48.5 cm³/mol. The second kappa shape index (κ2) is 6.14. The third kappa shape index (κ3) is 5.84. The van der Waals surface area contributed by atoms with Crippen molar-refractivity contribution in [3.05, 3.63) is 11.6 Å². The van der Waals surface area contributed by atoms with Crippen molar-refractivity contribution in [1.29, 1.82) is 0 Å². The maximum atomic E-state index is 10.4. The van der Waals surface area contributed by atoms with Crippen LogP contribution in [0.25, 0.3) is 0 Å². The van der Waals surface area contributed by atoms with Gasteiger partial charge in [0.25, 0.3) is 0 Å². The second-order valence-corrected chi connectivity index (χ2v) is 3.28. The monoisotopic (exact) mass is 154 g/mol. The zero-order chi connectivity index (χ0) is 8.69. The molecule has 0 heterocycles. The average molecular weight is 154 g/mol. The molecule has 0 N–H and O–H groups in total. The summed E-state index contributed by atoms with van der Waals surface area (Å²) in [5.41, 5.74) is 0.959. The van der Waals surface area contributed by atoms with E-state index in [1.807, 2.05) is 0 Å². The van der Waals surface area contributed by atoms with Gasteiger partial charge in [-0.15, -0.1) is 0 Å². The average Bonchev–Trinajstić information content (AvgIpc) is 1.97. The molecule has 0 unspecified atom stereocenters. The SMILES string of the molecule is CCC/C(C=O)=C/CC(C)C. The Labute approximate surface area is 69.5 Å². The van der Waals surface area contributed by atoms with Crippen molar-refractivity contribution < 1.29 is 4.79 Å². The molecule has 0 radical (unpaired) electrons. The highest BCUT2D eigenvalue weighted by molar-refractivity contribution is 5.72. The van der Waals surface area contributed by atoms with Crippen molar-refractivity contribution in [3.63, 3.8) is 0 Å². The fourth-order valence-electron chi connectivity index (χ4n) is 0.885. The second-order valence-electron chi connectivity index (χ2n) is 3.28. The quantitative estimate of drug-likeness (QED) is 0.439. The van der Waals surface area contributed by atoms with Gasteiger partial charge in [-0.2, -0.15) is 0 Å². The van der Waals surface area contributed by atoms with E-state index in [4.69, 9.17) is 0 Å². The fraction of sp³-hybridized carbons (Fsp3) is 0.700. The maximum absolute atomic E-state index is 10.4. The van der Waals surface area contributed by atoms with Crippen LogP contribution in [0.4, 0.5) is 0 Å². The molecule has 0 spiro atoms. The molecular weight excluding hydrogens is 136 g/mol. The summed E-state index contributed by atoms with van der Waals surface area (Å²) >= 11 is 0. The molecule has 0 amide bonds. The summed E-state index contributed by atoms with van der Waals surface area (Å²) in [4.78, 5) is 10.4. The van der Waals surface area contributed by atoms with E-state index < -0.39 is 0 Å². The fourth-order valence-corrected chi connectivity index (χ4v) is 0.885. The van der Waals surface area contributed by atoms with Crippen LogP contribution in [-0.4, -0.2) is 6.29 Å². The first-order valence-corrected chi connectivity index (χ1v) is 4.34. The van der Waals surface area contributed by atoms with Crippen LogP contribution in [0.1, 0.15) is 40.0 Å². The van der Waals surface area contributed by atoms with E-state index in [2.05, 4.69) is 26.8 Å². The minimum Gasteiger partial charge on any atom is -0.298 e. The van der Waals surface area contributed by atoms with E-state index >= 15 is 0 Å². The van der Waals surface area contributed by atoms with Gasteiger partial charge in [-0.1, -0.05) is 33.3 Å². The molecule has 0 aromatic carbocycles. The van der Waals surface area contributed by atoms with Gasteiger partial charge >= 0.3 is 0 Å².